The maximum absolute atomic E-state index is 13.1. The second kappa shape index (κ2) is 7.01. The summed E-state index contributed by atoms with van der Waals surface area (Å²) in [7, 11) is 0. The van der Waals surface area contributed by atoms with Gasteiger partial charge in [0.15, 0.2) is 5.78 Å². The van der Waals surface area contributed by atoms with Gasteiger partial charge in [-0.25, -0.2) is 4.39 Å². The third-order valence-corrected chi connectivity index (χ3v) is 4.64. The van der Waals surface area contributed by atoms with Gasteiger partial charge in [-0.2, -0.15) is 0 Å². The highest BCUT2D eigenvalue weighted by Crippen LogP contribution is 2.34. The van der Waals surface area contributed by atoms with E-state index in [2.05, 4.69) is 6.92 Å². The number of rotatable bonds is 5. The van der Waals surface area contributed by atoms with Gasteiger partial charge in [0.05, 0.1) is 0 Å². The largest absolute Gasteiger partial charge is 0.294 e. The van der Waals surface area contributed by atoms with Crippen LogP contribution in [0.3, 0.4) is 0 Å². The number of ketones is 1. The number of aryl methyl sites for hydroxylation is 1. The summed E-state index contributed by atoms with van der Waals surface area (Å²) < 4.78 is 13.1. The van der Waals surface area contributed by atoms with Crippen molar-refractivity contribution in [2.24, 2.45) is 11.8 Å². The van der Waals surface area contributed by atoms with Crippen LogP contribution >= 0.6 is 0 Å². The van der Waals surface area contributed by atoms with E-state index in [4.69, 9.17) is 0 Å². The predicted octanol–water partition coefficient (Wildman–Crippen LogP) is 5.31. The molecule has 1 fully saturated rings. The van der Waals surface area contributed by atoms with Crippen LogP contribution in [0.4, 0.5) is 4.39 Å². The molecule has 0 aliphatic heterocycles. The van der Waals surface area contributed by atoms with E-state index in [1.807, 2.05) is 6.92 Å². The molecule has 1 saturated carbocycles. The molecule has 1 aromatic rings. The van der Waals surface area contributed by atoms with Gasteiger partial charge in [0, 0.05) is 11.5 Å². The Kier molecular flexibility index (Phi) is 5.33. The molecule has 0 unspecified atom stereocenters. The van der Waals surface area contributed by atoms with Gasteiger partial charge < -0.3 is 0 Å². The molecule has 1 aromatic carbocycles. The third kappa shape index (κ3) is 3.68. The van der Waals surface area contributed by atoms with Crippen molar-refractivity contribution in [3.05, 3.63) is 35.1 Å². The van der Waals surface area contributed by atoms with Crippen molar-refractivity contribution in [2.45, 2.75) is 58.8 Å². The highest BCUT2D eigenvalue weighted by atomic mass is 19.1. The fourth-order valence-corrected chi connectivity index (χ4v) is 3.33. The molecule has 0 radical (unpaired) electrons. The minimum absolute atomic E-state index is 0.150. The summed E-state index contributed by atoms with van der Waals surface area (Å²) in [6, 6.07) is 4.50. The smallest absolute Gasteiger partial charge is 0.166 e. The van der Waals surface area contributed by atoms with E-state index >= 15 is 0 Å². The van der Waals surface area contributed by atoms with Crippen LogP contribution in [0, 0.1) is 24.6 Å². The van der Waals surface area contributed by atoms with E-state index in [0.717, 1.165) is 24.3 Å². The fraction of sp³-hybridized carbons (Fsp3) is 0.611. The normalized spacial score (nSPS) is 22.8. The van der Waals surface area contributed by atoms with Gasteiger partial charge in [-0.05, 0) is 62.3 Å². The van der Waals surface area contributed by atoms with Crippen LogP contribution in [-0.2, 0) is 0 Å². The lowest BCUT2D eigenvalue weighted by molar-refractivity contribution is 0.0868. The molecule has 20 heavy (non-hydrogen) atoms. The molecule has 0 amide bonds. The summed E-state index contributed by atoms with van der Waals surface area (Å²) in [6.45, 7) is 4.05. The van der Waals surface area contributed by atoms with Crippen molar-refractivity contribution in [2.75, 3.05) is 0 Å². The Labute approximate surface area is 121 Å². The molecular weight excluding hydrogens is 251 g/mol. The first-order valence-electron chi connectivity index (χ1n) is 7.92. The minimum atomic E-state index is -0.262. The van der Waals surface area contributed by atoms with Crippen molar-refractivity contribution in [3.8, 4) is 0 Å². The monoisotopic (exact) mass is 276 g/mol. The first-order chi connectivity index (χ1) is 9.61. The molecule has 0 spiro atoms. The number of unbranched alkanes of at least 4 members (excludes halogenated alkanes) is 1. The summed E-state index contributed by atoms with van der Waals surface area (Å²) in [6.07, 6.45) is 8.24. The van der Waals surface area contributed by atoms with E-state index in [-0.39, 0.29) is 17.5 Å². The number of carbonyl (C=O) groups excluding carboxylic acids is 1. The molecule has 2 heteroatoms. The lowest BCUT2D eigenvalue weighted by Gasteiger charge is -2.28. The Bertz CT molecular complexity index is 458. The van der Waals surface area contributed by atoms with Gasteiger partial charge in [0.25, 0.3) is 0 Å². The summed E-state index contributed by atoms with van der Waals surface area (Å²) in [5.74, 6) is 0.920. The van der Waals surface area contributed by atoms with Crippen molar-refractivity contribution in [1.82, 2.24) is 0 Å². The molecule has 0 N–H and O–H groups in total. The van der Waals surface area contributed by atoms with E-state index in [0.29, 0.717) is 5.56 Å². The minimum Gasteiger partial charge on any atom is -0.294 e. The Balaban J connectivity index is 1.94. The van der Waals surface area contributed by atoms with Gasteiger partial charge >= 0.3 is 0 Å². The second-order valence-corrected chi connectivity index (χ2v) is 6.18. The number of carbonyl (C=O) groups is 1. The fourth-order valence-electron chi connectivity index (χ4n) is 3.33. The number of hydrogen-bond donors (Lipinski definition) is 0. The predicted molar refractivity (Wildman–Crippen MR) is 80.4 cm³/mol. The zero-order valence-corrected chi connectivity index (χ0v) is 12.6. The van der Waals surface area contributed by atoms with Crippen LogP contribution < -0.4 is 0 Å². The lowest BCUT2D eigenvalue weighted by atomic mass is 9.76. The van der Waals surface area contributed by atoms with Crippen LogP contribution in [-0.4, -0.2) is 5.78 Å². The Hall–Kier alpha value is -1.18. The number of halogens is 1. The summed E-state index contributed by atoms with van der Waals surface area (Å²) in [4.78, 5) is 12.5. The van der Waals surface area contributed by atoms with Crippen molar-refractivity contribution in [1.29, 1.82) is 0 Å². The van der Waals surface area contributed by atoms with Crippen molar-refractivity contribution >= 4 is 5.78 Å². The van der Waals surface area contributed by atoms with Crippen molar-refractivity contribution < 1.29 is 9.18 Å². The average molecular weight is 276 g/mol. The maximum Gasteiger partial charge on any atom is 0.166 e. The third-order valence-electron chi connectivity index (χ3n) is 4.64. The molecule has 0 aromatic heterocycles. The highest BCUT2D eigenvalue weighted by Gasteiger charge is 2.27. The molecule has 1 aliphatic carbocycles. The number of benzene rings is 1. The van der Waals surface area contributed by atoms with E-state index in [1.54, 1.807) is 6.07 Å². The van der Waals surface area contributed by atoms with Crippen molar-refractivity contribution in [3.63, 3.8) is 0 Å². The molecule has 110 valence electrons. The van der Waals surface area contributed by atoms with Gasteiger partial charge in [-0.1, -0.05) is 26.2 Å². The van der Waals surface area contributed by atoms with E-state index < -0.39 is 0 Å². The Morgan fingerprint density at radius 3 is 2.55 bits per heavy atom. The SMILES string of the molecule is CCCCC1CCC(C(=O)c2ccc(F)cc2C)CC1. The van der Waals surface area contributed by atoms with Crippen LogP contribution in [0.25, 0.3) is 0 Å². The van der Waals surface area contributed by atoms with E-state index in [1.165, 1.54) is 44.2 Å². The molecule has 1 nitrogen and oxygen atoms in total. The van der Waals surface area contributed by atoms with Crippen LogP contribution in [0.1, 0.15) is 67.8 Å². The summed E-state index contributed by atoms with van der Waals surface area (Å²) >= 11 is 0. The molecular formula is C18H25FO. The quantitative estimate of drug-likeness (QED) is 0.666. The Morgan fingerprint density at radius 2 is 1.95 bits per heavy atom. The molecule has 0 heterocycles. The first kappa shape index (κ1) is 15.2. The van der Waals surface area contributed by atoms with Crippen LogP contribution in [0.2, 0.25) is 0 Å². The first-order valence-corrected chi connectivity index (χ1v) is 7.92. The summed E-state index contributed by atoms with van der Waals surface area (Å²) in [5, 5.41) is 0. The zero-order chi connectivity index (χ0) is 14.5. The second-order valence-electron chi connectivity index (χ2n) is 6.18. The lowest BCUT2D eigenvalue weighted by Crippen LogP contribution is -2.22. The number of Topliss-reactive ketones (excluding diaryl/α,β-unsaturated/α-hetero) is 1. The van der Waals surface area contributed by atoms with Gasteiger partial charge in [-0.3, -0.25) is 4.79 Å². The van der Waals surface area contributed by atoms with Crippen LogP contribution in [0.5, 0.6) is 0 Å². The van der Waals surface area contributed by atoms with E-state index in [9.17, 15) is 9.18 Å². The average Bonchev–Trinajstić information content (AvgIpc) is 2.45. The zero-order valence-electron chi connectivity index (χ0n) is 12.6. The number of hydrogen-bond acceptors (Lipinski definition) is 1. The molecule has 0 bridgehead atoms. The molecule has 0 saturated heterocycles. The highest BCUT2D eigenvalue weighted by molar-refractivity contribution is 5.99. The molecule has 1 aliphatic rings. The molecule has 0 atom stereocenters. The van der Waals surface area contributed by atoms with Gasteiger partial charge in [0.2, 0.25) is 0 Å². The maximum atomic E-state index is 13.1. The standard InChI is InChI=1S/C18H25FO/c1-3-4-5-14-6-8-15(9-7-14)18(20)17-11-10-16(19)12-13(17)2/h10-12,14-15H,3-9H2,1-2H3. The van der Waals surface area contributed by atoms with Gasteiger partial charge in [0.1, 0.15) is 5.82 Å². The summed E-state index contributed by atoms with van der Waals surface area (Å²) in [5.41, 5.74) is 1.48. The Morgan fingerprint density at radius 1 is 1.25 bits per heavy atom. The van der Waals surface area contributed by atoms with Crippen LogP contribution in [0.15, 0.2) is 18.2 Å². The molecule has 2 rings (SSSR count). The topological polar surface area (TPSA) is 17.1 Å². The van der Waals surface area contributed by atoms with Gasteiger partial charge in [-0.15, -0.1) is 0 Å².